The molecule has 10 nitrogen and oxygen atoms in total. The molecule has 1 aliphatic carbocycles. The van der Waals surface area contributed by atoms with Gasteiger partial charge in [-0.05, 0) is 61.7 Å². The summed E-state index contributed by atoms with van der Waals surface area (Å²) in [5, 5.41) is 8.89. The van der Waals surface area contributed by atoms with E-state index in [9.17, 15) is 45.9 Å². The molecule has 2 aromatic carbocycles. The molecule has 1 aliphatic heterocycles. The van der Waals surface area contributed by atoms with Crippen molar-refractivity contribution in [3.05, 3.63) is 81.4 Å². The number of ether oxygens (including phenoxy) is 1. The van der Waals surface area contributed by atoms with Crippen LogP contribution in [0.5, 0.6) is 0 Å². The van der Waals surface area contributed by atoms with Crippen LogP contribution < -0.4 is 0 Å². The van der Waals surface area contributed by atoms with Crippen molar-refractivity contribution in [2.24, 2.45) is 0 Å². The van der Waals surface area contributed by atoms with Crippen LogP contribution in [0, 0.1) is 13.8 Å². The first-order valence-corrected chi connectivity index (χ1v) is 12.4. The summed E-state index contributed by atoms with van der Waals surface area (Å²) in [6, 6.07) is 6.57. The van der Waals surface area contributed by atoms with Crippen LogP contribution in [0.1, 0.15) is 60.3 Å². The van der Waals surface area contributed by atoms with Crippen LogP contribution in [0.15, 0.2) is 42.5 Å². The van der Waals surface area contributed by atoms with Crippen molar-refractivity contribution in [3.63, 3.8) is 0 Å². The number of rotatable bonds is 5. The van der Waals surface area contributed by atoms with Gasteiger partial charge >= 0.3 is 27.6 Å². The molecule has 0 saturated heterocycles. The maximum atomic E-state index is 13.2. The lowest BCUT2D eigenvalue weighted by Gasteiger charge is -2.29. The summed E-state index contributed by atoms with van der Waals surface area (Å²) in [5.74, 6) is -5.26. The Bertz CT molecular complexity index is 1640. The van der Waals surface area contributed by atoms with Gasteiger partial charge in [0.2, 0.25) is 0 Å². The average Bonchev–Trinajstić information content (AvgIpc) is 2.96. The van der Waals surface area contributed by atoms with Crippen LogP contribution >= 0.6 is 0 Å². The SMILES string of the molecule is Cc1cc(C)c(C(=O)OC2(C)C=Cc3cccc4c3C(=C2)C(=O)N(OS(=O)(=O)C(F)(F)F)C4=O)cc1C(=O)O. The summed E-state index contributed by atoms with van der Waals surface area (Å²) in [4.78, 5) is 50.7. The van der Waals surface area contributed by atoms with Crippen LogP contribution in [-0.4, -0.2) is 53.4 Å². The van der Waals surface area contributed by atoms with E-state index < -0.39 is 55.6 Å². The molecule has 204 valence electrons. The normalized spacial score (nSPS) is 18.8. The van der Waals surface area contributed by atoms with Gasteiger partial charge in [-0.2, -0.15) is 21.6 Å². The Kier molecular flexibility index (Phi) is 6.52. The van der Waals surface area contributed by atoms with E-state index in [1.807, 2.05) is 0 Å². The number of carbonyl (C=O) groups excluding carboxylic acids is 3. The molecule has 0 radical (unpaired) electrons. The third-order valence-corrected chi connectivity index (χ3v) is 6.92. The molecule has 1 unspecified atom stereocenters. The highest BCUT2D eigenvalue weighted by atomic mass is 32.2. The van der Waals surface area contributed by atoms with Gasteiger partial charge < -0.3 is 9.84 Å². The summed E-state index contributed by atoms with van der Waals surface area (Å²) in [6.07, 6.45) is 3.77. The Balaban J connectivity index is 1.80. The fourth-order valence-corrected chi connectivity index (χ4v) is 4.57. The van der Waals surface area contributed by atoms with Gasteiger partial charge in [0.05, 0.1) is 22.3 Å². The number of aryl methyl sites for hydroxylation is 2. The summed E-state index contributed by atoms with van der Waals surface area (Å²) >= 11 is 0. The largest absolute Gasteiger partial charge is 0.525 e. The molecule has 2 aliphatic rings. The number of hydroxylamine groups is 2. The molecule has 0 aromatic heterocycles. The standard InChI is InChI=1S/C25H18F3NO9S/c1-12-9-13(2)17(10-16(12)22(32)33)23(34)37-24(3)8-7-14-5-4-6-15-19(14)18(11-24)21(31)29(20(15)30)38-39(35,36)25(26,27)28/h4-11H,1-3H3,(H,32,33). The van der Waals surface area contributed by atoms with Gasteiger partial charge in [-0.1, -0.05) is 24.3 Å². The van der Waals surface area contributed by atoms with Gasteiger partial charge in [0.25, 0.3) is 11.8 Å². The minimum atomic E-state index is -6.39. The number of aromatic carboxylic acids is 1. The van der Waals surface area contributed by atoms with Crippen molar-refractivity contribution in [2.75, 3.05) is 0 Å². The number of benzene rings is 2. The zero-order chi connectivity index (χ0) is 29.1. The Labute approximate surface area is 219 Å². The monoisotopic (exact) mass is 565 g/mol. The van der Waals surface area contributed by atoms with E-state index in [0.29, 0.717) is 11.1 Å². The molecule has 2 amide bonds. The lowest BCUT2D eigenvalue weighted by Crippen LogP contribution is -2.45. The Morgan fingerprint density at radius 3 is 2.28 bits per heavy atom. The zero-order valence-electron chi connectivity index (χ0n) is 20.3. The molecule has 1 N–H and O–H groups in total. The van der Waals surface area contributed by atoms with E-state index in [2.05, 4.69) is 4.28 Å². The predicted octanol–water partition coefficient (Wildman–Crippen LogP) is 3.79. The fraction of sp³-hybridized carbons (Fsp3) is 0.200. The molecule has 39 heavy (non-hydrogen) atoms. The highest BCUT2D eigenvalue weighted by Crippen LogP contribution is 2.39. The van der Waals surface area contributed by atoms with Gasteiger partial charge in [0.1, 0.15) is 5.60 Å². The quantitative estimate of drug-likeness (QED) is 0.325. The molecule has 0 fully saturated rings. The molecule has 0 spiro atoms. The molecule has 2 aromatic rings. The lowest BCUT2D eigenvalue weighted by atomic mass is 9.89. The fourth-order valence-electron chi connectivity index (χ4n) is 4.16. The minimum absolute atomic E-state index is 0.0348. The average molecular weight is 565 g/mol. The van der Waals surface area contributed by atoms with E-state index in [0.717, 1.165) is 18.2 Å². The second-order valence-corrected chi connectivity index (χ2v) is 10.4. The highest BCUT2D eigenvalue weighted by Gasteiger charge is 2.52. The summed E-state index contributed by atoms with van der Waals surface area (Å²) in [6.45, 7) is 4.42. The van der Waals surface area contributed by atoms with Gasteiger partial charge in [0.15, 0.2) is 0 Å². The highest BCUT2D eigenvalue weighted by molar-refractivity contribution is 7.87. The Morgan fingerprint density at radius 2 is 1.67 bits per heavy atom. The van der Waals surface area contributed by atoms with Crippen molar-refractivity contribution in [3.8, 4) is 0 Å². The number of esters is 1. The summed E-state index contributed by atoms with van der Waals surface area (Å²) < 4.78 is 71.5. The second-order valence-electron chi connectivity index (χ2n) is 8.90. The first kappa shape index (κ1) is 27.7. The minimum Gasteiger partial charge on any atom is -0.478 e. The number of carboxylic acid groups (broad SMARTS) is 1. The molecular weight excluding hydrogens is 547 g/mol. The number of carboxylic acids is 1. The number of halogens is 3. The van der Waals surface area contributed by atoms with E-state index in [4.69, 9.17) is 4.74 Å². The van der Waals surface area contributed by atoms with Crippen LogP contribution in [0.25, 0.3) is 11.6 Å². The first-order chi connectivity index (χ1) is 18.0. The third-order valence-electron chi connectivity index (χ3n) is 6.01. The van der Waals surface area contributed by atoms with E-state index >= 15 is 0 Å². The molecule has 0 saturated carbocycles. The molecule has 1 heterocycles. The van der Waals surface area contributed by atoms with Crippen molar-refractivity contribution < 1.29 is 54.9 Å². The van der Waals surface area contributed by atoms with Crippen LogP contribution in [-0.2, 0) is 23.9 Å². The van der Waals surface area contributed by atoms with E-state index in [1.165, 1.54) is 37.3 Å². The van der Waals surface area contributed by atoms with Crippen molar-refractivity contribution >= 4 is 45.5 Å². The first-order valence-electron chi connectivity index (χ1n) is 11.0. The molecule has 14 heteroatoms. The number of alkyl halides is 3. The number of hydrogen-bond donors (Lipinski definition) is 1. The number of hydrogen-bond acceptors (Lipinski definition) is 8. The smallest absolute Gasteiger partial charge is 0.478 e. The predicted molar refractivity (Wildman–Crippen MR) is 127 cm³/mol. The van der Waals surface area contributed by atoms with Gasteiger partial charge in [0, 0.05) is 5.56 Å². The number of amides is 2. The van der Waals surface area contributed by atoms with Crippen molar-refractivity contribution in [1.29, 1.82) is 0 Å². The van der Waals surface area contributed by atoms with Crippen LogP contribution in [0.2, 0.25) is 0 Å². The Hall–Kier alpha value is -4.30. The summed E-state index contributed by atoms with van der Waals surface area (Å²) in [5.41, 5.74) is -7.75. The number of carbonyl (C=O) groups is 4. The number of nitrogens with zero attached hydrogens (tertiary/aromatic N) is 1. The molecule has 0 bridgehead atoms. The lowest BCUT2D eigenvalue weighted by molar-refractivity contribution is -0.144. The maximum absolute atomic E-state index is 13.2. The molecule has 4 rings (SSSR count). The van der Waals surface area contributed by atoms with E-state index in [1.54, 1.807) is 13.8 Å². The van der Waals surface area contributed by atoms with Crippen molar-refractivity contribution in [2.45, 2.75) is 31.9 Å². The maximum Gasteiger partial charge on any atom is 0.525 e. The topological polar surface area (TPSA) is 144 Å². The Morgan fingerprint density at radius 1 is 1.03 bits per heavy atom. The summed E-state index contributed by atoms with van der Waals surface area (Å²) in [7, 11) is -6.39. The molecule has 1 atom stereocenters. The molecular formula is C25H18F3NO9S. The van der Waals surface area contributed by atoms with Crippen LogP contribution in [0.3, 0.4) is 0 Å². The second kappa shape index (κ2) is 9.17. The van der Waals surface area contributed by atoms with Gasteiger partial charge in [-0.3, -0.25) is 9.59 Å². The van der Waals surface area contributed by atoms with Crippen LogP contribution in [0.4, 0.5) is 13.2 Å². The zero-order valence-corrected chi connectivity index (χ0v) is 21.1. The number of imide groups is 1. The van der Waals surface area contributed by atoms with Crippen molar-refractivity contribution in [1.82, 2.24) is 5.06 Å². The third kappa shape index (κ3) is 4.83. The van der Waals surface area contributed by atoms with Gasteiger partial charge in [-0.15, -0.1) is 9.35 Å². The van der Waals surface area contributed by atoms with Gasteiger partial charge in [-0.25, -0.2) is 9.59 Å². The van der Waals surface area contributed by atoms with E-state index in [-0.39, 0.29) is 27.8 Å².